The van der Waals surface area contributed by atoms with E-state index in [4.69, 9.17) is 9.47 Å². The first-order chi connectivity index (χ1) is 11.9. The van der Waals surface area contributed by atoms with E-state index in [1.165, 1.54) is 19.3 Å². The molecule has 140 valence electrons. The second kappa shape index (κ2) is 6.38. The number of carbonyl (C=O) groups is 1. The SMILES string of the molecule is C[C@@H]1CN(C[C@@H]2C(=O)O[C@@H]3C[C@@]4(C)CCC[C@H](C)C4=C[C@H]23)C[C@@H](C)O1. The summed E-state index contributed by atoms with van der Waals surface area (Å²) < 4.78 is 11.7. The van der Waals surface area contributed by atoms with Crippen molar-refractivity contribution in [1.29, 1.82) is 0 Å². The Morgan fingerprint density at radius 2 is 1.96 bits per heavy atom. The number of nitrogens with zero attached hydrogens (tertiary/aromatic N) is 1. The molecule has 0 spiro atoms. The smallest absolute Gasteiger partial charge is 0.311 e. The zero-order valence-corrected chi connectivity index (χ0v) is 16.2. The molecule has 0 aromatic carbocycles. The minimum Gasteiger partial charge on any atom is -0.461 e. The predicted molar refractivity (Wildman–Crippen MR) is 97.1 cm³/mol. The van der Waals surface area contributed by atoms with Crippen LogP contribution >= 0.6 is 0 Å². The van der Waals surface area contributed by atoms with Gasteiger partial charge in [0.25, 0.3) is 0 Å². The van der Waals surface area contributed by atoms with Crippen molar-refractivity contribution in [2.24, 2.45) is 23.2 Å². The zero-order valence-electron chi connectivity index (χ0n) is 16.2. The van der Waals surface area contributed by atoms with Crippen molar-refractivity contribution in [1.82, 2.24) is 4.90 Å². The van der Waals surface area contributed by atoms with Gasteiger partial charge in [-0.15, -0.1) is 0 Å². The van der Waals surface area contributed by atoms with E-state index in [1.54, 1.807) is 5.57 Å². The van der Waals surface area contributed by atoms with E-state index in [2.05, 4.69) is 38.7 Å². The molecule has 4 heteroatoms. The fraction of sp³-hybridized carbons (Fsp3) is 0.857. The van der Waals surface area contributed by atoms with E-state index in [1.807, 2.05) is 0 Å². The highest BCUT2D eigenvalue weighted by molar-refractivity contribution is 5.76. The molecule has 2 heterocycles. The first-order valence-electron chi connectivity index (χ1n) is 10.2. The molecule has 2 saturated heterocycles. The minimum atomic E-state index is -0.00586. The molecule has 0 N–H and O–H groups in total. The zero-order chi connectivity index (χ0) is 17.8. The van der Waals surface area contributed by atoms with E-state index < -0.39 is 0 Å². The molecule has 0 aromatic heterocycles. The van der Waals surface area contributed by atoms with Crippen LogP contribution in [0.4, 0.5) is 0 Å². The molecule has 3 fully saturated rings. The molecule has 0 unspecified atom stereocenters. The molecule has 2 aliphatic heterocycles. The summed E-state index contributed by atoms with van der Waals surface area (Å²) in [5.74, 6) is 0.936. The first kappa shape index (κ1) is 17.5. The molecule has 4 rings (SSSR count). The van der Waals surface area contributed by atoms with Crippen LogP contribution in [0.25, 0.3) is 0 Å². The number of morpholine rings is 1. The van der Waals surface area contributed by atoms with E-state index in [9.17, 15) is 4.79 Å². The van der Waals surface area contributed by atoms with Gasteiger partial charge in [0.05, 0.1) is 18.1 Å². The van der Waals surface area contributed by atoms with Gasteiger partial charge in [-0.3, -0.25) is 9.69 Å². The summed E-state index contributed by atoms with van der Waals surface area (Å²) in [4.78, 5) is 15.1. The molecule has 4 nitrogen and oxygen atoms in total. The lowest BCUT2D eigenvalue weighted by atomic mass is 9.59. The molecule has 7 atom stereocenters. The lowest BCUT2D eigenvalue weighted by Gasteiger charge is -2.46. The Labute approximate surface area is 151 Å². The van der Waals surface area contributed by atoms with Gasteiger partial charge >= 0.3 is 5.97 Å². The number of hydrogen-bond donors (Lipinski definition) is 0. The number of carbonyl (C=O) groups excluding carboxylic acids is 1. The Kier molecular flexibility index (Phi) is 4.48. The van der Waals surface area contributed by atoms with Gasteiger partial charge in [-0.25, -0.2) is 0 Å². The van der Waals surface area contributed by atoms with Crippen LogP contribution in [-0.2, 0) is 14.3 Å². The predicted octanol–water partition coefficient (Wildman–Crippen LogP) is 3.41. The molecule has 0 radical (unpaired) electrons. The highest BCUT2D eigenvalue weighted by atomic mass is 16.6. The van der Waals surface area contributed by atoms with E-state index in [0.717, 1.165) is 26.1 Å². The van der Waals surface area contributed by atoms with Crippen molar-refractivity contribution in [2.75, 3.05) is 19.6 Å². The largest absolute Gasteiger partial charge is 0.461 e. The van der Waals surface area contributed by atoms with Crippen molar-refractivity contribution in [2.45, 2.75) is 71.7 Å². The average Bonchev–Trinajstić information content (AvgIpc) is 2.79. The maximum atomic E-state index is 12.7. The molecule has 2 aliphatic carbocycles. The summed E-state index contributed by atoms with van der Waals surface area (Å²) in [6, 6.07) is 0. The average molecular weight is 347 g/mol. The van der Waals surface area contributed by atoms with Gasteiger partial charge in [-0.05, 0) is 44.4 Å². The molecular formula is C21H33NO3. The highest BCUT2D eigenvalue weighted by Gasteiger charge is 2.52. The minimum absolute atomic E-state index is 0.00586. The van der Waals surface area contributed by atoms with Crippen molar-refractivity contribution < 1.29 is 14.3 Å². The third kappa shape index (κ3) is 3.16. The number of esters is 1. The van der Waals surface area contributed by atoms with Gasteiger partial charge in [0.2, 0.25) is 0 Å². The van der Waals surface area contributed by atoms with Crippen LogP contribution in [0.5, 0.6) is 0 Å². The fourth-order valence-corrected chi connectivity index (χ4v) is 5.97. The number of ether oxygens (including phenoxy) is 2. The second-order valence-corrected chi connectivity index (χ2v) is 9.32. The maximum Gasteiger partial charge on any atom is 0.311 e. The van der Waals surface area contributed by atoms with Gasteiger partial charge in [0, 0.05) is 25.6 Å². The summed E-state index contributed by atoms with van der Waals surface area (Å²) >= 11 is 0. The third-order valence-electron chi connectivity index (χ3n) is 7.03. The van der Waals surface area contributed by atoms with Gasteiger partial charge in [0.15, 0.2) is 0 Å². The molecular weight excluding hydrogens is 314 g/mol. The molecule has 1 saturated carbocycles. The van der Waals surface area contributed by atoms with E-state index in [-0.39, 0.29) is 41.5 Å². The van der Waals surface area contributed by atoms with Crippen LogP contribution in [0, 0.1) is 23.2 Å². The monoisotopic (exact) mass is 347 g/mol. The molecule has 0 bridgehead atoms. The van der Waals surface area contributed by atoms with Crippen molar-refractivity contribution in [3.8, 4) is 0 Å². The summed E-state index contributed by atoms with van der Waals surface area (Å²) in [5.41, 5.74) is 1.85. The first-order valence-corrected chi connectivity index (χ1v) is 10.2. The van der Waals surface area contributed by atoms with Gasteiger partial charge in [-0.1, -0.05) is 31.9 Å². The number of hydrogen-bond acceptors (Lipinski definition) is 4. The van der Waals surface area contributed by atoms with Crippen LogP contribution in [0.1, 0.15) is 53.4 Å². The molecule has 4 aliphatic rings. The number of rotatable bonds is 2. The van der Waals surface area contributed by atoms with Gasteiger partial charge in [0.1, 0.15) is 6.10 Å². The van der Waals surface area contributed by atoms with Crippen molar-refractivity contribution in [3.63, 3.8) is 0 Å². The van der Waals surface area contributed by atoms with Crippen LogP contribution in [0.3, 0.4) is 0 Å². The molecule has 0 aromatic rings. The highest BCUT2D eigenvalue weighted by Crippen LogP contribution is 2.54. The Hall–Kier alpha value is -0.870. The summed E-state index contributed by atoms with van der Waals surface area (Å²) in [5, 5.41) is 0. The Balaban J connectivity index is 1.55. The standard InChI is InChI=1S/C21H33NO3/c1-13-6-5-7-21(4)9-19-16(8-18(13)21)17(20(23)25-19)12-22-10-14(2)24-15(3)11-22/h8,13-17,19H,5-7,9-12H2,1-4H3/t13-,14+,15+,16+,17-,19+,21+/m0/s1. The van der Waals surface area contributed by atoms with Crippen LogP contribution in [0.2, 0.25) is 0 Å². The molecule has 0 amide bonds. The number of fused-ring (bicyclic) bond motifs is 2. The lowest BCUT2D eigenvalue weighted by molar-refractivity contribution is -0.146. The van der Waals surface area contributed by atoms with E-state index >= 15 is 0 Å². The Morgan fingerprint density at radius 3 is 2.68 bits per heavy atom. The molecule has 25 heavy (non-hydrogen) atoms. The van der Waals surface area contributed by atoms with Crippen molar-refractivity contribution >= 4 is 5.97 Å². The number of allylic oxidation sites excluding steroid dienone is 1. The maximum absolute atomic E-state index is 12.7. The Bertz CT molecular complexity index is 563. The summed E-state index contributed by atoms with van der Waals surface area (Å²) in [6.45, 7) is 11.6. The van der Waals surface area contributed by atoms with Crippen LogP contribution < -0.4 is 0 Å². The van der Waals surface area contributed by atoms with Crippen LogP contribution in [-0.4, -0.2) is 48.8 Å². The summed E-state index contributed by atoms with van der Waals surface area (Å²) in [7, 11) is 0. The summed E-state index contributed by atoms with van der Waals surface area (Å²) in [6.07, 6.45) is 7.88. The fourth-order valence-electron chi connectivity index (χ4n) is 5.97. The van der Waals surface area contributed by atoms with Gasteiger partial charge < -0.3 is 9.47 Å². The van der Waals surface area contributed by atoms with Crippen molar-refractivity contribution in [3.05, 3.63) is 11.6 Å². The normalized spacial score (nSPS) is 47.7. The Morgan fingerprint density at radius 1 is 1.24 bits per heavy atom. The third-order valence-corrected chi connectivity index (χ3v) is 7.03. The lowest BCUT2D eigenvalue weighted by Crippen LogP contribution is -2.48. The van der Waals surface area contributed by atoms with Crippen LogP contribution in [0.15, 0.2) is 11.6 Å². The second-order valence-electron chi connectivity index (χ2n) is 9.32. The quantitative estimate of drug-likeness (QED) is 0.567. The van der Waals surface area contributed by atoms with Gasteiger partial charge in [-0.2, -0.15) is 0 Å². The topological polar surface area (TPSA) is 38.8 Å². The van der Waals surface area contributed by atoms with E-state index in [0.29, 0.717) is 5.92 Å².